The van der Waals surface area contributed by atoms with Crippen LogP contribution in [0.1, 0.15) is 65.7 Å². The van der Waals surface area contributed by atoms with E-state index in [1.54, 1.807) is 7.11 Å². The normalized spacial score (nSPS) is 27.1. The number of unbranched alkanes of at least 4 members (excludes halogenated alkanes) is 1. The van der Waals surface area contributed by atoms with Crippen LogP contribution in [-0.2, 0) is 23.4 Å². The first-order valence-electron chi connectivity index (χ1n) is 10.1. The van der Waals surface area contributed by atoms with Gasteiger partial charge in [0.2, 0.25) is 0 Å². The average Bonchev–Trinajstić information content (AvgIpc) is 3.31. The molecule has 5 nitrogen and oxygen atoms in total. The van der Waals surface area contributed by atoms with Gasteiger partial charge in [-0.1, -0.05) is 27.2 Å². The van der Waals surface area contributed by atoms with Gasteiger partial charge in [0.1, 0.15) is 12.9 Å². The summed E-state index contributed by atoms with van der Waals surface area (Å²) in [7, 11) is -0.108. The first kappa shape index (κ1) is 22.0. The van der Waals surface area contributed by atoms with Crippen molar-refractivity contribution in [1.29, 1.82) is 0 Å². The Bertz CT molecular complexity index is 473. The molecular formula is C20H38O5Si. The summed E-state index contributed by atoms with van der Waals surface area (Å²) >= 11 is 0. The van der Waals surface area contributed by atoms with E-state index in [1.165, 1.54) is 0 Å². The molecule has 0 spiro atoms. The van der Waals surface area contributed by atoms with Gasteiger partial charge in [-0.2, -0.15) is 0 Å². The zero-order valence-corrected chi connectivity index (χ0v) is 18.6. The fourth-order valence-electron chi connectivity index (χ4n) is 3.48. The van der Waals surface area contributed by atoms with Gasteiger partial charge in [0.15, 0.2) is 19.7 Å². The van der Waals surface area contributed by atoms with Gasteiger partial charge in [-0.25, -0.2) is 0 Å². The minimum Gasteiger partial charge on any atom is -0.417 e. The summed E-state index contributed by atoms with van der Waals surface area (Å²) in [6.45, 7) is 12.2. The highest BCUT2D eigenvalue weighted by Gasteiger charge is 2.63. The molecule has 0 N–H and O–H groups in total. The minimum atomic E-state index is -1.70. The third kappa shape index (κ3) is 5.16. The molecule has 0 aromatic heterocycles. The van der Waals surface area contributed by atoms with E-state index < -0.39 is 20.0 Å². The molecule has 0 bridgehead atoms. The summed E-state index contributed by atoms with van der Waals surface area (Å²) in [6.07, 6.45) is 6.35. The van der Waals surface area contributed by atoms with Crippen LogP contribution in [0.5, 0.6) is 0 Å². The summed E-state index contributed by atoms with van der Waals surface area (Å²) in [5.74, 6) is 0.129. The average molecular weight is 387 g/mol. The van der Waals surface area contributed by atoms with Crippen LogP contribution in [0, 0.1) is 0 Å². The third-order valence-electron chi connectivity index (χ3n) is 6.31. The maximum atomic E-state index is 13.0. The largest absolute Gasteiger partial charge is 0.417 e. The standard InChI is InChI=1S/C20H38O5Si/c1-19(2,3)26(5,6)24-14-10-8-11-16(23-15-22-4)18(21)20-13-9-7-12-17(20)25-20/h16-17H,7-15H2,1-6H3/t16?,17-,20+/m0/s1. The Balaban J connectivity index is 1.78. The Morgan fingerprint density at radius 3 is 2.62 bits per heavy atom. The van der Waals surface area contributed by atoms with Crippen molar-refractivity contribution in [2.45, 2.75) is 102 Å². The van der Waals surface area contributed by atoms with E-state index in [4.69, 9.17) is 18.6 Å². The number of carbonyl (C=O) groups is 1. The second-order valence-electron chi connectivity index (χ2n) is 9.27. The Labute approximate surface area is 160 Å². The van der Waals surface area contributed by atoms with Crippen molar-refractivity contribution in [3.63, 3.8) is 0 Å². The zero-order chi connectivity index (χ0) is 19.4. The Morgan fingerprint density at radius 1 is 1.27 bits per heavy atom. The number of hydrogen-bond donors (Lipinski definition) is 0. The molecule has 1 heterocycles. The second kappa shape index (κ2) is 8.82. The van der Waals surface area contributed by atoms with Crippen molar-refractivity contribution in [1.82, 2.24) is 0 Å². The summed E-state index contributed by atoms with van der Waals surface area (Å²) in [4.78, 5) is 13.0. The highest BCUT2D eigenvalue weighted by atomic mass is 28.4. The molecule has 2 fully saturated rings. The first-order valence-corrected chi connectivity index (χ1v) is 13.0. The molecule has 1 aliphatic carbocycles. The molecule has 0 radical (unpaired) electrons. The van der Waals surface area contributed by atoms with E-state index in [1.807, 2.05) is 0 Å². The molecule has 0 aromatic carbocycles. The van der Waals surface area contributed by atoms with E-state index >= 15 is 0 Å². The smallest absolute Gasteiger partial charge is 0.196 e. The van der Waals surface area contributed by atoms with Crippen LogP contribution in [0.2, 0.25) is 18.1 Å². The predicted molar refractivity (Wildman–Crippen MR) is 105 cm³/mol. The van der Waals surface area contributed by atoms with E-state index in [-0.39, 0.29) is 23.7 Å². The minimum absolute atomic E-state index is 0.124. The maximum Gasteiger partial charge on any atom is 0.196 e. The number of carbonyl (C=O) groups excluding carboxylic acids is 1. The van der Waals surface area contributed by atoms with E-state index in [9.17, 15) is 4.79 Å². The van der Waals surface area contributed by atoms with Crippen LogP contribution in [0.4, 0.5) is 0 Å². The molecule has 1 saturated carbocycles. The highest BCUT2D eigenvalue weighted by molar-refractivity contribution is 6.74. The van der Waals surface area contributed by atoms with Crippen molar-refractivity contribution in [2.75, 3.05) is 20.5 Å². The molecule has 26 heavy (non-hydrogen) atoms. The lowest BCUT2D eigenvalue weighted by atomic mass is 9.83. The maximum absolute atomic E-state index is 13.0. The molecule has 2 rings (SSSR count). The van der Waals surface area contributed by atoms with Gasteiger partial charge in [0.25, 0.3) is 0 Å². The van der Waals surface area contributed by atoms with Crippen LogP contribution in [0.25, 0.3) is 0 Å². The van der Waals surface area contributed by atoms with E-state index in [2.05, 4.69) is 33.9 Å². The van der Waals surface area contributed by atoms with Gasteiger partial charge in [-0.3, -0.25) is 4.79 Å². The molecule has 0 amide bonds. The quantitative estimate of drug-likeness (QED) is 0.227. The Kier molecular flexibility index (Phi) is 7.47. The van der Waals surface area contributed by atoms with Crippen LogP contribution < -0.4 is 0 Å². The molecule has 1 aliphatic heterocycles. The molecular weight excluding hydrogens is 348 g/mol. The van der Waals surface area contributed by atoms with Gasteiger partial charge < -0.3 is 18.6 Å². The Morgan fingerprint density at radius 2 is 2.00 bits per heavy atom. The lowest BCUT2D eigenvalue weighted by Crippen LogP contribution is -2.41. The van der Waals surface area contributed by atoms with E-state index in [0.717, 1.165) is 45.1 Å². The van der Waals surface area contributed by atoms with Crippen LogP contribution >= 0.6 is 0 Å². The number of rotatable bonds is 11. The van der Waals surface area contributed by atoms with Crippen LogP contribution in [-0.4, -0.2) is 52.4 Å². The van der Waals surface area contributed by atoms with Crippen LogP contribution in [0.3, 0.4) is 0 Å². The number of methoxy groups -OCH3 is 1. The van der Waals surface area contributed by atoms with Crippen molar-refractivity contribution >= 4 is 14.1 Å². The van der Waals surface area contributed by atoms with Gasteiger partial charge in [-0.05, 0) is 56.7 Å². The number of ether oxygens (including phenoxy) is 3. The van der Waals surface area contributed by atoms with Gasteiger partial charge >= 0.3 is 0 Å². The Hall–Kier alpha value is -0.273. The summed E-state index contributed by atoms with van der Waals surface area (Å²) in [5.41, 5.74) is -0.547. The molecule has 1 saturated heterocycles. The van der Waals surface area contributed by atoms with E-state index in [0.29, 0.717) is 6.42 Å². The number of Topliss-reactive ketones (excluding diaryl/α,β-unsaturated/α-hetero) is 1. The predicted octanol–water partition coefficient (Wildman–Crippen LogP) is 4.45. The topological polar surface area (TPSA) is 57.3 Å². The molecule has 0 aromatic rings. The first-order chi connectivity index (χ1) is 12.1. The number of ketones is 1. The summed E-state index contributed by atoms with van der Waals surface area (Å²) in [5, 5.41) is 0.228. The highest BCUT2D eigenvalue weighted by Crippen LogP contribution is 2.49. The number of fused-ring (bicyclic) bond motifs is 1. The molecule has 152 valence electrons. The monoisotopic (exact) mass is 386 g/mol. The lowest BCUT2D eigenvalue weighted by molar-refractivity contribution is -0.146. The summed E-state index contributed by atoms with van der Waals surface area (Å²) in [6, 6.07) is 0. The lowest BCUT2D eigenvalue weighted by Gasteiger charge is -2.36. The third-order valence-corrected chi connectivity index (χ3v) is 10.8. The molecule has 2 aliphatic rings. The SMILES string of the molecule is COCOC(CCCCO[Si](C)(C)C(C)(C)C)C(=O)[C@@]12CCCC[C@@H]1O2. The molecule has 6 heteroatoms. The van der Waals surface area contributed by atoms with Gasteiger partial charge in [0, 0.05) is 13.7 Å². The molecule has 3 atom stereocenters. The fraction of sp³-hybridized carbons (Fsp3) is 0.950. The fourth-order valence-corrected chi connectivity index (χ4v) is 4.57. The van der Waals surface area contributed by atoms with Crippen molar-refractivity contribution in [2.24, 2.45) is 0 Å². The van der Waals surface area contributed by atoms with Crippen molar-refractivity contribution in [3.05, 3.63) is 0 Å². The van der Waals surface area contributed by atoms with Gasteiger partial charge in [-0.15, -0.1) is 0 Å². The number of epoxide rings is 1. The van der Waals surface area contributed by atoms with Crippen LogP contribution in [0.15, 0.2) is 0 Å². The van der Waals surface area contributed by atoms with Gasteiger partial charge in [0.05, 0.1) is 6.10 Å². The summed E-state index contributed by atoms with van der Waals surface area (Å²) < 4.78 is 22.8. The zero-order valence-electron chi connectivity index (χ0n) is 17.6. The number of hydrogen-bond acceptors (Lipinski definition) is 5. The van der Waals surface area contributed by atoms with Crippen molar-refractivity contribution < 1.29 is 23.4 Å². The van der Waals surface area contributed by atoms with Crippen molar-refractivity contribution in [3.8, 4) is 0 Å². The molecule has 1 unspecified atom stereocenters. The second-order valence-corrected chi connectivity index (χ2v) is 14.1.